The Hall–Kier alpha value is -2.41. The van der Waals surface area contributed by atoms with Gasteiger partial charge in [-0.05, 0) is 42.3 Å². The van der Waals surface area contributed by atoms with E-state index >= 15 is 0 Å². The van der Waals surface area contributed by atoms with Gasteiger partial charge in [-0.1, -0.05) is 22.0 Å². The summed E-state index contributed by atoms with van der Waals surface area (Å²) in [5.74, 6) is 1.60. The molecule has 0 saturated heterocycles. The van der Waals surface area contributed by atoms with E-state index in [0.717, 1.165) is 21.3 Å². The van der Waals surface area contributed by atoms with Crippen molar-refractivity contribution in [3.8, 4) is 17.2 Å². The number of halogens is 1. The zero-order chi connectivity index (χ0) is 18.4. The van der Waals surface area contributed by atoms with E-state index in [1.165, 1.54) is 0 Å². The number of amides is 2. The molecule has 25 heavy (non-hydrogen) atoms. The summed E-state index contributed by atoms with van der Waals surface area (Å²) in [6, 6.07) is 9.01. The van der Waals surface area contributed by atoms with Gasteiger partial charge in [0.15, 0.2) is 11.5 Å². The molecule has 0 radical (unpaired) electrons. The third kappa shape index (κ3) is 4.79. The van der Waals surface area contributed by atoms with Gasteiger partial charge in [0.2, 0.25) is 5.75 Å². The number of methoxy groups -OCH3 is 3. The minimum Gasteiger partial charge on any atom is -0.493 e. The van der Waals surface area contributed by atoms with Crippen molar-refractivity contribution in [2.75, 3.05) is 26.6 Å². The SMILES string of the molecule is COc1cc(CNC(=O)Nc2cc(Br)ccc2C)cc(OC)c1OC. The average molecular weight is 409 g/mol. The summed E-state index contributed by atoms with van der Waals surface area (Å²) in [6.45, 7) is 2.25. The molecule has 6 nitrogen and oxygen atoms in total. The number of aryl methyl sites for hydroxylation is 1. The maximum absolute atomic E-state index is 12.2. The lowest BCUT2D eigenvalue weighted by Crippen LogP contribution is -2.28. The monoisotopic (exact) mass is 408 g/mol. The smallest absolute Gasteiger partial charge is 0.319 e. The Bertz CT molecular complexity index is 740. The summed E-state index contributed by atoms with van der Waals surface area (Å²) in [4.78, 5) is 12.2. The van der Waals surface area contributed by atoms with Crippen molar-refractivity contribution in [2.45, 2.75) is 13.5 Å². The second kappa shape index (κ2) is 8.62. The van der Waals surface area contributed by atoms with Crippen LogP contribution in [0.15, 0.2) is 34.8 Å². The maximum Gasteiger partial charge on any atom is 0.319 e. The summed E-state index contributed by atoms with van der Waals surface area (Å²) >= 11 is 3.40. The van der Waals surface area contributed by atoms with Crippen LogP contribution in [0.4, 0.5) is 10.5 Å². The number of benzene rings is 2. The Morgan fingerprint density at radius 1 is 1.04 bits per heavy atom. The fraction of sp³-hybridized carbons (Fsp3) is 0.278. The highest BCUT2D eigenvalue weighted by Gasteiger charge is 2.13. The van der Waals surface area contributed by atoms with Gasteiger partial charge >= 0.3 is 6.03 Å². The summed E-state index contributed by atoms with van der Waals surface area (Å²) in [5.41, 5.74) is 2.55. The van der Waals surface area contributed by atoms with Gasteiger partial charge < -0.3 is 24.8 Å². The van der Waals surface area contributed by atoms with Gasteiger partial charge in [-0.25, -0.2) is 4.79 Å². The molecule has 2 N–H and O–H groups in total. The number of rotatable bonds is 6. The van der Waals surface area contributed by atoms with E-state index in [-0.39, 0.29) is 6.03 Å². The van der Waals surface area contributed by atoms with Gasteiger partial charge in [-0.2, -0.15) is 0 Å². The highest BCUT2D eigenvalue weighted by molar-refractivity contribution is 9.10. The molecule has 0 fully saturated rings. The van der Waals surface area contributed by atoms with E-state index in [1.807, 2.05) is 25.1 Å². The van der Waals surface area contributed by atoms with Crippen LogP contribution in [0.3, 0.4) is 0 Å². The largest absolute Gasteiger partial charge is 0.493 e. The van der Waals surface area contributed by atoms with Crippen molar-refractivity contribution in [1.29, 1.82) is 0 Å². The van der Waals surface area contributed by atoms with Gasteiger partial charge in [-0.3, -0.25) is 0 Å². The first-order valence-electron chi connectivity index (χ1n) is 7.58. The van der Waals surface area contributed by atoms with E-state index in [1.54, 1.807) is 33.5 Å². The number of carbonyl (C=O) groups is 1. The number of carbonyl (C=O) groups excluding carboxylic acids is 1. The predicted molar refractivity (Wildman–Crippen MR) is 101 cm³/mol. The van der Waals surface area contributed by atoms with Crippen molar-refractivity contribution in [1.82, 2.24) is 5.32 Å². The molecule has 0 aliphatic carbocycles. The molecule has 0 spiro atoms. The number of nitrogens with one attached hydrogen (secondary N) is 2. The van der Waals surface area contributed by atoms with Crippen LogP contribution in [0, 0.1) is 6.92 Å². The van der Waals surface area contributed by atoms with Crippen molar-refractivity contribution in [2.24, 2.45) is 0 Å². The molecule has 2 rings (SSSR count). The average Bonchev–Trinajstić information content (AvgIpc) is 2.61. The predicted octanol–water partition coefficient (Wildman–Crippen LogP) is 4.11. The fourth-order valence-corrected chi connectivity index (χ4v) is 2.68. The van der Waals surface area contributed by atoms with Crippen molar-refractivity contribution in [3.63, 3.8) is 0 Å². The fourth-order valence-electron chi connectivity index (χ4n) is 2.32. The van der Waals surface area contributed by atoms with E-state index in [0.29, 0.717) is 23.8 Å². The summed E-state index contributed by atoms with van der Waals surface area (Å²) in [6.07, 6.45) is 0. The van der Waals surface area contributed by atoms with Gasteiger partial charge in [0.05, 0.1) is 21.3 Å². The molecule has 134 valence electrons. The molecule has 0 aliphatic rings. The van der Waals surface area contributed by atoms with E-state index in [2.05, 4.69) is 26.6 Å². The molecule has 7 heteroatoms. The highest BCUT2D eigenvalue weighted by atomic mass is 79.9. The lowest BCUT2D eigenvalue weighted by atomic mass is 10.1. The van der Waals surface area contributed by atoms with Crippen LogP contribution in [-0.2, 0) is 6.54 Å². The standard InChI is InChI=1S/C18H21BrN2O4/c1-11-5-6-13(19)9-14(11)21-18(22)20-10-12-7-15(23-2)17(25-4)16(8-12)24-3/h5-9H,10H2,1-4H3,(H2,20,21,22). The van der Waals surface area contributed by atoms with Crippen LogP contribution < -0.4 is 24.8 Å². The van der Waals surface area contributed by atoms with Crippen LogP contribution in [0.25, 0.3) is 0 Å². The zero-order valence-corrected chi connectivity index (χ0v) is 16.2. The quantitative estimate of drug-likeness (QED) is 0.754. The van der Waals surface area contributed by atoms with Gasteiger partial charge in [0.25, 0.3) is 0 Å². The summed E-state index contributed by atoms with van der Waals surface area (Å²) in [7, 11) is 4.65. The van der Waals surface area contributed by atoms with Gasteiger partial charge in [0, 0.05) is 16.7 Å². The molecule has 2 amide bonds. The van der Waals surface area contributed by atoms with Crippen LogP contribution in [0.2, 0.25) is 0 Å². The number of anilines is 1. The maximum atomic E-state index is 12.2. The molecular formula is C18H21BrN2O4. The molecule has 2 aromatic rings. The molecule has 0 atom stereocenters. The number of urea groups is 1. The molecule has 0 unspecified atom stereocenters. The van der Waals surface area contributed by atoms with Crippen LogP contribution >= 0.6 is 15.9 Å². The van der Waals surface area contributed by atoms with E-state index < -0.39 is 0 Å². The molecule has 0 heterocycles. The second-order valence-electron chi connectivity index (χ2n) is 5.30. The van der Waals surface area contributed by atoms with Crippen molar-refractivity contribution < 1.29 is 19.0 Å². The van der Waals surface area contributed by atoms with Gasteiger partial charge in [-0.15, -0.1) is 0 Å². The number of ether oxygens (including phenoxy) is 3. The first-order valence-corrected chi connectivity index (χ1v) is 8.37. The lowest BCUT2D eigenvalue weighted by Gasteiger charge is -2.15. The first-order chi connectivity index (χ1) is 12.0. The Labute approximate surface area is 155 Å². The topological polar surface area (TPSA) is 68.8 Å². The minimum atomic E-state index is -0.296. The summed E-state index contributed by atoms with van der Waals surface area (Å²) in [5, 5.41) is 5.65. The third-order valence-electron chi connectivity index (χ3n) is 3.63. The molecule has 0 saturated carbocycles. The van der Waals surface area contributed by atoms with Crippen LogP contribution in [-0.4, -0.2) is 27.4 Å². The van der Waals surface area contributed by atoms with E-state index in [9.17, 15) is 4.79 Å². The summed E-state index contributed by atoms with van der Waals surface area (Å²) < 4.78 is 16.8. The molecule has 0 aliphatic heterocycles. The van der Waals surface area contributed by atoms with E-state index in [4.69, 9.17) is 14.2 Å². The molecule has 2 aromatic carbocycles. The zero-order valence-electron chi connectivity index (χ0n) is 14.6. The second-order valence-corrected chi connectivity index (χ2v) is 6.22. The Balaban J connectivity index is 2.07. The van der Waals surface area contributed by atoms with Crippen LogP contribution in [0.1, 0.15) is 11.1 Å². The molecule has 0 bridgehead atoms. The molecular weight excluding hydrogens is 388 g/mol. The first kappa shape index (κ1) is 18.9. The Morgan fingerprint density at radius 3 is 2.24 bits per heavy atom. The highest BCUT2D eigenvalue weighted by Crippen LogP contribution is 2.38. The number of hydrogen-bond acceptors (Lipinski definition) is 4. The van der Waals surface area contributed by atoms with Crippen molar-refractivity contribution >= 4 is 27.6 Å². The van der Waals surface area contributed by atoms with Gasteiger partial charge in [0.1, 0.15) is 0 Å². The Morgan fingerprint density at radius 2 is 1.68 bits per heavy atom. The minimum absolute atomic E-state index is 0.296. The lowest BCUT2D eigenvalue weighted by molar-refractivity contribution is 0.251. The molecule has 0 aromatic heterocycles. The Kier molecular flexibility index (Phi) is 6.52. The number of hydrogen-bond donors (Lipinski definition) is 2. The third-order valence-corrected chi connectivity index (χ3v) is 4.12. The normalized spacial score (nSPS) is 10.1. The van der Waals surface area contributed by atoms with Crippen LogP contribution in [0.5, 0.6) is 17.2 Å². The van der Waals surface area contributed by atoms with Crippen molar-refractivity contribution in [3.05, 3.63) is 45.9 Å².